The third-order valence-corrected chi connectivity index (χ3v) is 4.49. The molecule has 2 aromatic carbocycles. The minimum absolute atomic E-state index is 0.185. The first kappa shape index (κ1) is 17.4. The van der Waals surface area contributed by atoms with Crippen LogP contribution in [0.15, 0.2) is 42.5 Å². The van der Waals surface area contributed by atoms with Crippen molar-refractivity contribution >= 4 is 29.0 Å². The van der Waals surface area contributed by atoms with Gasteiger partial charge in [0.1, 0.15) is 11.6 Å². The first-order valence-electron chi connectivity index (χ1n) is 7.97. The van der Waals surface area contributed by atoms with Gasteiger partial charge in [-0.25, -0.2) is 9.18 Å². The fourth-order valence-corrected chi connectivity index (χ4v) is 2.96. The number of nitrogens with one attached hydrogen (secondary N) is 1. The molecule has 0 unspecified atom stereocenters. The van der Waals surface area contributed by atoms with E-state index in [0.29, 0.717) is 18.8 Å². The van der Waals surface area contributed by atoms with E-state index in [2.05, 4.69) is 10.2 Å². The largest absolute Gasteiger partial charge is 0.497 e. The third-order valence-electron chi connectivity index (χ3n) is 4.18. The predicted molar refractivity (Wildman–Crippen MR) is 97.2 cm³/mol. The van der Waals surface area contributed by atoms with Crippen LogP contribution < -0.4 is 15.0 Å². The Morgan fingerprint density at radius 3 is 2.40 bits per heavy atom. The second-order valence-corrected chi connectivity index (χ2v) is 6.13. The Kier molecular flexibility index (Phi) is 5.28. The molecule has 25 heavy (non-hydrogen) atoms. The Morgan fingerprint density at radius 2 is 1.80 bits per heavy atom. The highest BCUT2D eigenvalue weighted by atomic mass is 35.5. The molecule has 0 atom stereocenters. The number of nitrogens with zero attached hydrogens (tertiary/aromatic N) is 2. The lowest BCUT2D eigenvalue weighted by atomic mass is 10.2. The molecule has 1 N–H and O–H groups in total. The Hall–Kier alpha value is -2.47. The van der Waals surface area contributed by atoms with Gasteiger partial charge in [-0.15, -0.1) is 0 Å². The number of piperazine rings is 1. The molecule has 7 heteroatoms. The van der Waals surface area contributed by atoms with Gasteiger partial charge in [0.15, 0.2) is 0 Å². The molecule has 2 amide bonds. The predicted octanol–water partition coefficient (Wildman–Crippen LogP) is 3.84. The van der Waals surface area contributed by atoms with Gasteiger partial charge in [-0.1, -0.05) is 11.6 Å². The normalized spacial score (nSPS) is 14.4. The van der Waals surface area contributed by atoms with Crippen molar-refractivity contribution in [3.63, 3.8) is 0 Å². The number of rotatable bonds is 3. The smallest absolute Gasteiger partial charge is 0.322 e. The van der Waals surface area contributed by atoms with Crippen LogP contribution in [0, 0.1) is 5.82 Å². The highest BCUT2D eigenvalue weighted by Gasteiger charge is 2.22. The van der Waals surface area contributed by atoms with E-state index in [4.69, 9.17) is 16.3 Å². The molecule has 5 nitrogen and oxygen atoms in total. The number of amides is 2. The van der Waals surface area contributed by atoms with Gasteiger partial charge >= 0.3 is 6.03 Å². The lowest BCUT2D eigenvalue weighted by Crippen LogP contribution is -2.50. The molecule has 1 fully saturated rings. The van der Waals surface area contributed by atoms with Gasteiger partial charge in [0.05, 0.1) is 17.8 Å². The fourth-order valence-electron chi connectivity index (χ4n) is 2.75. The molecule has 1 aliphatic rings. The molecule has 0 spiro atoms. The third kappa shape index (κ3) is 4.14. The maximum Gasteiger partial charge on any atom is 0.322 e. The van der Waals surface area contributed by atoms with Crippen LogP contribution in [0.2, 0.25) is 5.02 Å². The number of methoxy groups -OCH3 is 1. The van der Waals surface area contributed by atoms with Crippen LogP contribution in [0.4, 0.5) is 20.6 Å². The van der Waals surface area contributed by atoms with Crippen molar-refractivity contribution in [2.75, 3.05) is 43.5 Å². The van der Waals surface area contributed by atoms with Gasteiger partial charge < -0.3 is 19.9 Å². The van der Waals surface area contributed by atoms with Gasteiger partial charge in [0.2, 0.25) is 0 Å². The van der Waals surface area contributed by atoms with Crippen LogP contribution in [0.3, 0.4) is 0 Å². The summed E-state index contributed by atoms with van der Waals surface area (Å²) in [5.41, 5.74) is 1.51. The van der Waals surface area contributed by atoms with Crippen LogP contribution in [-0.4, -0.2) is 44.2 Å². The van der Waals surface area contributed by atoms with E-state index >= 15 is 0 Å². The maximum atomic E-state index is 13.1. The summed E-state index contributed by atoms with van der Waals surface area (Å²) in [4.78, 5) is 16.3. The first-order chi connectivity index (χ1) is 12.1. The van der Waals surface area contributed by atoms with Crippen molar-refractivity contribution in [3.05, 3.63) is 53.3 Å². The van der Waals surface area contributed by atoms with Crippen LogP contribution in [0.5, 0.6) is 5.75 Å². The summed E-state index contributed by atoms with van der Waals surface area (Å²) in [5.74, 6) is 0.383. The second-order valence-electron chi connectivity index (χ2n) is 5.73. The summed E-state index contributed by atoms with van der Waals surface area (Å²) in [6.45, 7) is 2.65. The van der Waals surface area contributed by atoms with Crippen molar-refractivity contribution in [1.82, 2.24) is 4.90 Å². The molecule has 1 heterocycles. The molecular formula is C18H19ClFN3O2. The summed E-state index contributed by atoms with van der Waals surface area (Å²) in [7, 11) is 1.64. The van der Waals surface area contributed by atoms with Gasteiger partial charge in [-0.2, -0.15) is 0 Å². The first-order valence-corrected chi connectivity index (χ1v) is 8.34. The van der Waals surface area contributed by atoms with Gasteiger partial charge in [0.25, 0.3) is 0 Å². The number of urea groups is 1. The number of ether oxygens (including phenoxy) is 1. The van der Waals surface area contributed by atoms with E-state index in [1.54, 1.807) is 12.0 Å². The number of hydrogen-bond acceptors (Lipinski definition) is 3. The zero-order valence-electron chi connectivity index (χ0n) is 13.8. The van der Waals surface area contributed by atoms with Crippen molar-refractivity contribution in [2.24, 2.45) is 0 Å². The van der Waals surface area contributed by atoms with E-state index in [0.717, 1.165) is 24.5 Å². The SMILES string of the molecule is COc1ccc(N2CCN(C(=O)Nc3ccc(F)cc3Cl)CC2)cc1. The van der Waals surface area contributed by atoms with Gasteiger partial charge in [-0.05, 0) is 42.5 Å². The van der Waals surface area contributed by atoms with Crippen molar-refractivity contribution in [2.45, 2.75) is 0 Å². The summed E-state index contributed by atoms with van der Waals surface area (Å²) in [5, 5.41) is 2.92. The number of hydrogen-bond donors (Lipinski definition) is 1. The van der Waals surface area contributed by atoms with E-state index in [1.807, 2.05) is 24.3 Å². The summed E-state index contributed by atoms with van der Waals surface area (Å²) < 4.78 is 18.2. The van der Waals surface area contributed by atoms with E-state index < -0.39 is 5.82 Å². The number of benzene rings is 2. The molecular weight excluding hydrogens is 345 g/mol. The molecule has 132 valence electrons. The Balaban J connectivity index is 1.56. The van der Waals surface area contributed by atoms with E-state index in [1.165, 1.54) is 18.2 Å². The molecule has 0 saturated carbocycles. The fraction of sp³-hybridized carbons (Fsp3) is 0.278. The minimum atomic E-state index is -0.434. The average molecular weight is 364 g/mol. The Labute approximate surface area is 150 Å². The number of halogens is 2. The summed E-state index contributed by atoms with van der Waals surface area (Å²) >= 11 is 5.95. The topological polar surface area (TPSA) is 44.8 Å². The molecule has 0 aliphatic carbocycles. The van der Waals surface area contributed by atoms with Crippen LogP contribution in [0.25, 0.3) is 0 Å². The average Bonchev–Trinajstić information content (AvgIpc) is 2.64. The molecule has 1 saturated heterocycles. The van der Waals surface area contributed by atoms with Crippen LogP contribution >= 0.6 is 11.6 Å². The summed E-state index contributed by atoms with van der Waals surface area (Å²) in [6, 6.07) is 11.5. The van der Waals surface area contributed by atoms with Crippen molar-refractivity contribution in [3.8, 4) is 5.75 Å². The van der Waals surface area contributed by atoms with Crippen molar-refractivity contribution < 1.29 is 13.9 Å². The lowest BCUT2D eigenvalue weighted by molar-refractivity contribution is 0.208. The molecule has 0 bridgehead atoms. The zero-order valence-corrected chi connectivity index (χ0v) is 14.6. The standard InChI is InChI=1S/C18H19ClFN3O2/c1-25-15-5-3-14(4-6-15)22-8-10-23(11-9-22)18(24)21-17-7-2-13(20)12-16(17)19/h2-7,12H,8-11H2,1H3,(H,21,24). The van der Waals surface area contributed by atoms with Crippen LogP contribution in [0.1, 0.15) is 0 Å². The van der Waals surface area contributed by atoms with Crippen LogP contribution in [-0.2, 0) is 0 Å². The Bertz CT molecular complexity index is 746. The maximum absolute atomic E-state index is 13.1. The lowest BCUT2D eigenvalue weighted by Gasteiger charge is -2.36. The molecule has 0 radical (unpaired) electrons. The van der Waals surface area contributed by atoms with Gasteiger partial charge in [-0.3, -0.25) is 0 Å². The van der Waals surface area contributed by atoms with Gasteiger partial charge in [0, 0.05) is 31.9 Å². The second kappa shape index (κ2) is 7.61. The number of carbonyl (C=O) groups excluding carboxylic acids is 1. The van der Waals surface area contributed by atoms with Crippen molar-refractivity contribution in [1.29, 1.82) is 0 Å². The molecule has 0 aromatic heterocycles. The highest BCUT2D eigenvalue weighted by molar-refractivity contribution is 6.33. The number of anilines is 2. The summed E-state index contributed by atoms with van der Waals surface area (Å²) in [6.07, 6.45) is 0. The zero-order chi connectivity index (χ0) is 17.8. The number of carbonyl (C=O) groups is 1. The highest BCUT2D eigenvalue weighted by Crippen LogP contribution is 2.24. The molecule has 3 rings (SSSR count). The van der Waals surface area contributed by atoms with E-state index in [-0.39, 0.29) is 11.1 Å². The Morgan fingerprint density at radius 1 is 1.12 bits per heavy atom. The molecule has 2 aromatic rings. The monoisotopic (exact) mass is 363 g/mol. The molecule has 1 aliphatic heterocycles. The minimum Gasteiger partial charge on any atom is -0.497 e. The quantitative estimate of drug-likeness (QED) is 0.901. The van der Waals surface area contributed by atoms with E-state index in [9.17, 15) is 9.18 Å².